The van der Waals surface area contributed by atoms with Crippen molar-refractivity contribution in [1.82, 2.24) is 40.3 Å². The molecule has 0 unspecified atom stereocenters. The van der Waals surface area contributed by atoms with E-state index in [4.69, 9.17) is 18.8 Å². The number of alkyl halides is 6. The van der Waals surface area contributed by atoms with Gasteiger partial charge in [-0.3, -0.25) is 25.0 Å². The van der Waals surface area contributed by atoms with E-state index < -0.39 is 74.3 Å². The van der Waals surface area contributed by atoms with Gasteiger partial charge >= 0.3 is 47.7 Å². The predicted octanol–water partition coefficient (Wildman–Crippen LogP) is 13.3. The molecule has 6 aromatic heterocycles. The first kappa shape index (κ1) is 53.7. The largest absolute Gasteiger partial charge is 0 e. The number of nitrogens with zero attached hydrogens (tertiary/aromatic N) is 7. The molecule has 0 aliphatic rings. The zero-order valence-corrected chi connectivity index (χ0v) is 41.4. The molecule has 8 aromatic rings. The van der Waals surface area contributed by atoms with Crippen LogP contribution in [0, 0.1) is 23.3 Å². The Labute approximate surface area is 413 Å². The number of aromatic nitrogens is 8. The van der Waals surface area contributed by atoms with Gasteiger partial charge in [0.1, 0.15) is 40.4 Å². The van der Waals surface area contributed by atoms with Crippen LogP contribution in [0.1, 0.15) is 61.9 Å². The first-order valence-electron chi connectivity index (χ1n) is 19.4. The topological polar surface area (TPSA) is 107 Å². The standard InChI is InChI=1S/C23H17F5N4.C23H16F5N4.2ClH.2Pt/c2*1-22(2,19-7-3-5-16(29-19)14-10-9-13(24)11-15(14)25)20-8-4-6-17(30-20)18-12-21(32-31-18)23(26,27)28;;;;/h3-12H,1-2H3,(H,31,32);3-12H,1-2H3;2*1H;;/q;-1;;;;+2/p-2. The summed E-state index contributed by atoms with van der Waals surface area (Å²) in [5, 5.41) is 12.5. The number of hydrogen-bond donors (Lipinski definition) is 1. The molecule has 0 radical (unpaired) electrons. The van der Waals surface area contributed by atoms with Crippen LogP contribution < -0.4 is 5.10 Å². The van der Waals surface area contributed by atoms with Crippen molar-refractivity contribution in [3.8, 4) is 45.3 Å². The third-order valence-electron chi connectivity index (χ3n) is 10.2. The van der Waals surface area contributed by atoms with Gasteiger partial charge in [0.25, 0.3) is 0 Å². The van der Waals surface area contributed by atoms with E-state index in [-0.39, 0.29) is 55.0 Å². The van der Waals surface area contributed by atoms with Gasteiger partial charge in [-0.1, -0.05) is 30.0 Å². The minimum atomic E-state index is -4.60. The van der Waals surface area contributed by atoms with Gasteiger partial charge in [-0.05, 0) is 113 Å². The molecule has 362 valence electrons. The summed E-state index contributed by atoms with van der Waals surface area (Å²) in [5.74, 6) is -2.83. The second-order valence-electron chi connectivity index (χ2n) is 15.5. The molecule has 2 aromatic carbocycles. The number of pyridine rings is 4. The van der Waals surface area contributed by atoms with E-state index >= 15 is 0 Å². The van der Waals surface area contributed by atoms with Crippen LogP contribution in [0.4, 0.5) is 43.9 Å². The Balaban J connectivity index is 0.000000237. The van der Waals surface area contributed by atoms with Crippen LogP contribution >= 0.6 is 18.8 Å². The van der Waals surface area contributed by atoms with Crippen molar-refractivity contribution in [2.45, 2.75) is 50.9 Å². The van der Waals surface area contributed by atoms with E-state index in [1.807, 2.05) is 32.8 Å². The molecule has 1 N–H and O–H groups in total. The monoisotopic (exact) mass is 1350 g/mol. The summed E-state index contributed by atoms with van der Waals surface area (Å²) in [7, 11) is 9.75. The van der Waals surface area contributed by atoms with Crippen LogP contribution in [0.25, 0.3) is 45.3 Å². The molecule has 0 amide bonds. The molecule has 0 spiro atoms. The van der Waals surface area contributed by atoms with Crippen molar-refractivity contribution in [1.29, 1.82) is 0 Å². The minimum Gasteiger partial charge on any atom is 0 e. The van der Waals surface area contributed by atoms with Gasteiger partial charge in [0.2, 0.25) is 0 Å². The quantitative estimate of drug-likeness (QED) is 0.151. The molecule has 6 heterocycles. The number of aromatic amines is 1. The summed E-state index contributed by atoms with van der Waals surface area (Å²) in [4.78, 5) is 18.1. The maximum absolute atomic E-state index is 14.2. The summed E-state index contributed by atoms with van der Waals surface area (Å²) < 4.78 is 132. The average Bonchev–Trinajstić information content (AvgIpc) is 4.00. The summed E-state index contributed by atoms with van der Waals surface area (Å²) in [5.41, 5.74) is 0.0793. The number of hydrogen-bond acceptors (Lipinski definition) is 6. The number of rotatable bonds is 8. The number of halogens is 12. The van der Waals surface area contributed by atoms with Crippen molar-refractivity contribution in [2.24, 2.45) is 0 Å². The van der Waals surface area contributed by atoms with Crippen LogP contribution in [0.2, 0.25) is 0 Å². The molecule has 0 aliphatic carbocycles. The fraction of sp³-hybridized carbons (Fsp3) is 0.174. The third kappa shape index (κ3) is 12.7. The zero-order chi connectivity index (χ0) is 48.9. The Hall–Kier alpha value is -5.28. The van der Waals surface area contributed by atoms with Gasteiger partial charge in [0, 0.05) is 60.8 Å². The van der Waals surface area contributed by atoms with Crippen molar-refractivity contribution >= 4 is 18.8 Å². The SMILES string of the molecule is CC(C)(c1cccc(-c2cc(C(F)(F)F)[nH]n2)n1)c1cccc(-c2ccc(F)cc2F)n1.CC(C)(c1cccc(-c2cc(C(F)(F)F)n[n-]2)n1)c1cccc(-c2ccc(F)cc2F)n1.[Cl][Pt][Cl].[Pt]. The fourth-order valence-corrected chi connectivity index (χ4v) is 6.53. The zero-order valence-electron chi connectivity index (χ0n) is 35.3. The molecule has 0 bridgehead atoms. The Morgan fingerprint density at radius 3 is 1.26 bits per heavy atom. The molecule has 68 heavy (non-hydrogen) atoms. The number of benzene rings is 2. The summed E-state index contributed by atoms with van der Waals surface area (Å²) in [6.07, 6.45) is -9.13. The summed E-state index contributed by atoms with van der Waals surface area (Å²) in [6, 6.07) is 28.3. The van der Waals surface area contributed by atoms with Crippen molar-refractivity contribution in [3.63, 3.8) is 0 Å². The number of nitrogens with one attached hydrogen (secondary N) is 1. The summed E-state index contributed by atoms with van der Waals surface area (Å²) in [6.45, 7) is 7.37. The van der Waals surface area contributed by atoms with Gasteiger partial charge in [-0.2, -0.15) is 31.4 Å². The van der Waals surface area contributed by atoms with Crippen LogP contribution in [-0.4, -0.2) is 35.2 Å². The first-order chi connectivity index (χ1) is 31.5. The van der Waals surface area contributed by atoms with E-state index in [0.717, 1.165) is 36.4 Å². The van der Waals surface area contributed by atoms with Gasteiger partial charge < -0.3 is 10.2 Å². The predicted molar refractivity (Wildman–Crippen MR) is 228 cm³/mol. The molecule has 0 atom stereocenters. The fourth-order valence-electron chi connectivity index (χ4n) is 6.53. The third-order valence-corrected chi connectivity index (χ3v) is 10.2. The molecular formula is C46H33Cl2F10N8Pt2-. The van der Waals surface area contributed by atoms with Crippen molar-refractivity contribution in [3.05, 3.63) is 179 Å². The van der Waals surface area contributed by atoms with Crippen LogP contribution in [0.3, 0.4) is 0 Å². The smallest absolute Gasteiger partial charge is 0 e. The van der Waals surface area contributed by atoms with Crippen molar-refractivity contribution in [2.75, 3.05) is 0 Å². The van der Waals surface area contributed by atoms with Gasteiger partial charge in [0.15, 0.2) is 0 Å². The van der Waals surface area contributed by atoms with E-state index in [1.165, 1.54) is 12.1 Å². The molecule has 8 rings (SSSR count). The first-order valence-corrected chi connectivity index (χ1v) is 25.0. The maximum Gasteiger partial charge on any atom is 0 e. The molecule has 0 saturated heterocycles. The van der Waals surface area contributed by atoms with Crippen LogP contribution in [0.15, 0.2) is 121 Å². The Morgan fingerprint density at radius 1 is 0.485 bits per heavy atom. The molecule has 0 fully saturated rings. The van der Waals surface area contributed by atoms with Gasteiger partial charge in [-0.15, -0.1) is 0 Å². The van der Waals surface area contributed by atoms with E-state index in [9.17, 15) is 43.9 Å². The normalized spacial score (nSPS) is 11.8. The molecule has 0 aliphatic heterocycles. The summed E-state index contributed by atoms with van der Waals surface area (Å²) >= 11 is -0.472. The maximum atomic E-state index is 14.2. The Morgan fingerprint density at radius 2 is 0.882 bits per heavy atom. The molecule has 22 heteroatoms. The van der Waals surface area contributed by atoms with Gasteiger partial charge in [-0.25, -0.2) is 17.6 Å². The second-order valence-corrected chi connectivity index (χ2v) is 18.7. The second kappa shape index (κ2) is 22.0. The average molecular weight is 1350 g/mol. The van der Waals surface area contributed by atoms with Gasteiger partial charge in [0.05, 0.1) is 39.9 Å². The Bertz CT molecular complexity index is 2800. The number of H-pyrrole nitrogens is 1. The Kier molecular flexibility index (Phi) is 17.4. The molecular weight excluding hydrogens is 1320 g/mol. The van der Waals surface area contributed by atoms with Crippen molar-refractivity contribution < 1.29 is 81.5 Å². The van der Waals surface area contributed by atoms with E-state index in [2.05, 4.69) is 35.2 Å². The van der Waals surface area contributed by atoms with Crippen LogP contribution in [-0.2, 0) is 60.7 Å². The minimum absolute atomic E-state index is 0. The molecule has 8 nitrogen and oxygen atoms in total. The van der Waals surface area contributed by atoms with Crippen LogP contribution in [0.5, 0.6) is 0 Å². The van der Waals surface area contributed by atoms with E-state index in [0.29, 0.717) is 34.2 Å². The van der Waals surface area contributed by atoms with E-state index in [1.54, 1.807) is 72.8 Å². The molecule has 0 saturated carbocycles.